The van der Waals surface area contributed by atoms with E-state index >= 15 is 0 Å². The molecular formula is C13H15N3O2. The number of amides is 1. The molecule has 0 fully saturated rings. The Hall–Kier alpha value is -2.17. The normalized spacial score (nSPS) is 11.5. The number of carboxylic acid groups (broad SMARTS) is 1. The molecule has 18 heavy (non-hydrogen) atoms. The number of rotatable bonds is 1. The first kappa shape index (κ1) is 12.3. The molecule has 0 atom stereocenters. The summed E-state index contributed by atoms with van der Waals surface area (Å²) in [6, 6.07) is 5.39. The Bertz CT molecular complexity index is 603. The Morgan fingerprint density at radius 3 is 2.67 bits per heavy atom. The Balaban J connectivity index is 2.67. The van der Waals surface area contributed by atoms with Gasteiger partial charge in [0.2, 0.25) is 0 Å². The lowest BCUT2D eigenvalue weighted by molar-refractivity contribution is 0.209. The molecular weight excluding hydrogens is 230 g/mol. The van der Waals surface area contributed by atoms with Crippen molar-refractivity contribution in [1.29, 1.82) is 0 Å². The molecule has 0 aromatic carbocycles. The molecule has 0 bridgehead atoms. The number of hydrogen-bond donors (Lipinski definition) is 2. The molecule has 2 heterocycles. The number of carbonyl (C=O) groups is 1. The number of hydrogen-bond acceptors (Lipinski definition) is 3. The van der Waals surface area contributed by atoms with Crippen LogP contribution in [0.3, 0.4) is 0 Å². The standard InChI is InChI=1S/C13H15N3O2/c1-13(2,3)11-10(16-12(17)18)7-9-8(15-11)5-4-6-14-9/h4-7,16H,1-3H3,(H,17,18). The molecule has 0 saturated heterocycles. The third kappa shape index (κ3) is 2.40. The first-order valence-electron chi connectivity index (χ1n) is 5.64. The highest BCUT2D eigenvalue weighted by molar-refractivity contribution is 5.88. The van der Waals surface area contributed by atoms with E-state index in [1.807, 2.05) is 32.9 Å². The summed E-state index contributed by atoms with van der Waals surface area (Å²) in [5.74, 6) is 0. The molecule has 5 heteroatoms. The van der Waals surface area contributed by atoms with Gasteiger partial charge >= 0.3 is 6.09 Å². The zero-order chi connectivity index (χ0) is 13.3. The lowest BCUT2D eigenvalue weighted by Crippen LogP contribution is -2.19. The molecule has 0 radical (unpaired) electrons. The Morgan fingerprint density at radius 1 is 1.33 bits per heavy atom. The van der Waals surface area contributed by atoms with Gasteiger partial charge in [-0.15, -0.1) is 0 Å². The Morgan fingerprint density at radius 2 is 2.06 bits per heavy atom. The van der Waals surface area contributed by atoms with Crippen molar-refractivity contribution in [1.82, 2.24) is 9.97 Å². The summed E-state index contributed by atoms with van der Waals surface area (Å²) in [6.07, 6.45) is 0.559. The minimum atomic E-state index is -1.10. The highest BCUT2D eigenvalue weighted by Crippen LogP contribution is 2.30. The maximum atomic E-state index is 10.8. The van der Waals surface area contributed by atoms with Gasteiger partial charge in [-0.1, -0.05) is 20.8 Å². The van der Waals surface area contributed by atoms with Gasteiger partial charge in [-0.05, 0) is 18.2 Å². The summed E-state index contributed by atoms with van der Waals surface area (Å²) in [4.78, 5) is 19.5. The third-order valence-corrected chi connectivity index (χ3v) is 2.54. The first-order chi connectivity index (χ1) is 8.38. The van der Waals surface area contributed by atoms with E-state index in [1.165, 1.54) is 0 Å². The molecule has 2 aromatic heterocycles. The van der Waals surface area contributed by atoms with Crippen molar-refractivity contribution in [2.24, 2.45) is 0 Å². The van der Waals surface area contributed by atoms with Gasteiger partial charge in [0.15, 0.2) is 0 Å². The third-order valence-electron chi connectivity index (χ3n) is 2.54. The molecule has 5 nitrogen and oxygen atoms in total. The summed E-state index contributed by atoms with van der Waals surface area (Å²) in [5.41, 5.74) is 2.39. The Labute approximate surface area is 105 Å². The highest BCUT2D eigenvalue weighted by atomic mass is 16.4. The van der Waals surface area contributed by atoms with Crippen LogP contribution in [0.5, 0.6) is 0 Å². The summed E-state index contributed by atoms with van der Waals surface area (Å²) in [5, 5.41) is 11.3. The number of aromatic nitrogens is 2. The molecule has 0 spiro atoms. The van der Waals surface area contributed by atoms with Crippen LogP contribution < -0.4 is 5.32 Å². The van der Waals surface area contributed by atoms with Crippen molar-refractivity contribution < 1.29 is 9.90 Å². The van der Waals surface area contributed by atoms with E-state index in [1.54, 1.807) is 12.3 Å². The molecule has 2 N–H and O–H groups in total. The molecule has 0 unspecified atom stereocenters. The van der Waals surface area contributed by atoms with Gasteiger partial charge in [0.25, 0.3) is 0 Å². The zero-order valence-corrected chi connectivity index (χ0v) is 10.6. The maximum absolute atomic E-state index is 10.8. The summed E-state index contributed by atoms with van der Waals surface area (Å²) >= 11 is 0. The number of nitrogens with one attached hydrogen (secondary N) is 1. The van der Waals surface area contributed by atoms with E-state index in [4.69, 9.17) is 5.11 Å². The molecule has 0 aliphatic heterocycles. The van der Waals surface area contributed by atoms with E-state index < -0.39 is 6.09 Å². The average molecular weight is 245 g/mol. The van der Waals surface area contributed by atoms with Crippen LogP contribution in [0.1, 0.15) is 26.5 Å². The second-order valence-corrected chi connectivity index (χ2v) is 5.11. The van der Waals surface area contributed by atoms with Crippen LogP contribution in [-0.2, 0) is 5.41 Å². The van der Waals surface area contributed by atoms with E-state index in [-0.39, 0.29) is 5.41 Å². The van der Waals surface area contributed by atoms with Crippen molar-refractivity contribution in [3.8, 4) is 0 Å². The van der Waals surface area contributed by atoms with Crippen LogP contribution in [0, 0.1) is 0 Å². The SMILES string of the molecule is CC(C)(C)c1nc2cccnc2cc1NC(=O)O. The van der Waals surface area contributed by atoms with Crippen molar-refractivity contribution >= 4 is 22.8 Å². The predicted molar refractivity (Wildman–Crippen MR) is 69.9 cm³/mol. The van der Waals surface area contributed by atoms with Crippen LogP contribution in [0.25, 0.3) is 11.0 Å². The van der Waals surface area contributed by atoms with Crippen LogP contribution in [-0.4, -0.2) is 21.2 Å². The summed E-state index contributed by atoms with van der Waals surface area (Å²) in [6.45, 7) is 5.97. The van der Waals surface area contributed by atoms with Gasteiger partial charge in [-0.25, -0.2) is 9.78 Å². The van der Waals surface area contributed by atoms with Crippen molar-refractivity contribution in [3.63, 3.8) is 0 Å². The van der Waals surface area contributed by atoms with Gasteiger partial charge in [0, 0.05) is 11.6 Å². The van der Waals surface area contributed by atoms with Gasteiger partial charge in [0.05, 0.1) is 22.4 Å². The molecule has 1 amide bonds. The largest absolute Gasteiger partial charge is 0.465 e. The fraction of sp³-hybridized carbons (Fsp3) is 0.308. The monoisotopic (exact) mass is 245 g/mol. The molecule has 0 saturated carbocycles. The number of anilines is 1. The number of nitrogens with zero attached hydrogens (tertiary/aromatic N) is 2. The van der Waals surface area contributed by atoms with E-state index in [2.05, 4.69) is 15.3 Å². The van der Waals surface area contributed by atoms with Crippen molar-refractivity contribution in [3.05, 3.63) is 30.1 Å². The lowest BCUT2D eigenvalue weighted by atomic mass is 9.90. The summed E-state index contributed by atoms with van der Waals surface area (Å²) < 4.78 is 0. The fourth-order valence-electron chi connectivity index (χ4n) is 1.78. The van der Waals surface area contributed by atoms with Crippen molar-refractivity contribution in [2.75, 3.05) is 5.32 Å². The topological polar surface area (TPSA) is 75.1 Å². The Kier molecular flexibility index (Phi) is 2.90. The first-order valence-corrected chi connectivity index (χ1v) is 5.64. The van der Waals surface area contributed by atoms with E-state index in [9.17, 15) is 4.79 Å². The molecule has 2 aromatic rings. The summed E-state index contributed by atoms with van der Waals surface area (Å²) in [7, 11) is 0. The molecule has 94 valence electrons. The second-order valence-electron chi connectivity index (χ2n) is 5.11. The van der Waals surface area contributed by atoms with E-state index in [0.29, 0.717) is 16.9 Å². The van der Waals surface area contributed by atoms with Crippen LogP contribution in [0.15, 0.2) is 24.4 Å². The van der Waals surface area contributed by atoms with Gasteiger partial charge in [-0.3, -0.25) is 10.3 Å². The lowest BCUT2D eigenvalue weighted by Gasteiger charge is -2.21. The minimum absolute atomic E-state index is 0.248. The van der Waals surface area contributed by atoms with Crippen LogP contribution >= 0.6 is 0 Å². The predicted octanol–water partition coefficient (Wildman–Crippen LogP) is 3.02. The maximum Gasteiger partial charge on any atom is 0.409 e. The highest BCUT2D eigenvalue weighted by Gasteiger charge is 2.21. The molecule has 0 aliphatic rings. The minimum Gasteiger partial charge on any atom is -0.465 e. The van der Waals surface area contributed by atoms with Crippen molar-refractivity contribution in [2.45, 2.75) is 26.2 Å². The number of fused-ring (bicyclic) bond motifs is 1. The quantitative estimate of drug-likeness (QED) is 0.809. The van der Waals surface area contributed by atoms with Crippen LogP contribution in [0.4, 0.5) is 10.5 Å². The molecule has 2 rings (SSSR count). The van der Waals surface area contributed by atoms with Gasteiger partial charge in [0.1, 0.15) is 0 Å². The van der Waals surface area contributed by atoms with E-state index in [0.717, 1.165) is 5.52 Å². The fourth-order valence-corrected chi connectivity index (χ4v) is 1.78. The zero-order valence-electron chi connectivity index (χ0n) is 10.6. The smallest absolute Gasteiger partial charge is 0.409 e. The second kappa shape index (κ2) is 4.25. The molecule has 0 aliphatic carbocycles. The average Bonchev–Trinajstić information content (AvgIpc) is 2.26. The number of pyridine rings is 2. The van der Waals surface area contributed by atoms with Crippen LogP contribution in [0.2, 0.25) is 0 Å². The van der Waals surface area contributed by atoms with Gasteiger partial charge < -0.3 is 5.11 Å². The van der Waals surface area contributed by atoms with Gasteiger partial charge in [-0.2, -0.15) is 0 Å².